The number of allylic oxidation sites excluding steroid dienone is 1. The van der Waals surface area contributed by atoms with Gasteiger partial charge in [-0.15, -0.1) is 0 Å². The van der Waals surface area contributed by atoms with Gasteiger partial charge in [-0.3, -0.25) is 0 Å². The van der Waals surface area contributed by atoms with Gasteiger partial charge in [-0.05, 0) is 31.0 Å². The maximum atomic E-state index is 13.5. The van der Waals surface area contributed by atoms with E-state index in [4.69, 9.17) is 4.74 Å². The van der Waals surface area contributed by atoms with Crippen LogP contribution in [-0.4, -0.2) is 6.61 Å². The Labute approximate surface area is 90.6 Å². The molecule has 1 rings (SSSR count). The van der Waals surface area contributed by atoms with Crippen molar-refractivity contribution in [3.05, 3.63) is 41.7 Å². The zero-order valence-electron chi connectivity index (χ0n) is 9.29. The van der Waals surface area contributed by atoms with Crippen LogP contribution in [0, 0.1) is 5.82 Å². The standard InChI is InChI=1S/C13H17FO/c1-3-5-9-15-13-8-7-11(6-4-2)10-12(13)14/h3,5,7-8,10H,4,6,9H2,1-2H3/b5-3+. The van der Waals surface area contributed by atoms with Gasteiger partial charge >= 0.3 is 0 Å². The van der Waals surface area contributed by atoms with Gasteiger partial charge < -0.3 is 4.74 Å². The van der Waals surface area contributed by atoms with Crippen LogP contribution in [0.1, 0.15) is 25.8 Å². The second-order valence-corrected chi connectivity index (χ2v) is 3.39. The van der Waals surface area contributed by atoms with Crippen molar-refractivity contribution < 1.29 is 9.13 Å². The van der Waals surface area contributed by atoms with Crippen LogP contribution in [0.3, 0.4) is 0 Å². The fourth-order valence-corrected chi connectivity index (χ4v) is 1.34. The normalized spacial score (nSPS) is 10.9. The molecule has 0 heterocycles. The number of ether oxygens (including phenoxy) is 1. The molecule has 82 valence electrons. The smallest absolute Gasteiger partial charge is 0.165 e. The predicted octanol–water partition coefficient (Wildman–Crippen LogP) is 3.73. The zero-order valence-corrected chi connectivity index (χ0v) is 9.29. The van der Waals surface area contributed by atoms with Crippen LogP contribution in [0.2, 0.25) is 0 Å². The minimum absolute atomic E-state index is 0.273. The first kappa shape index (κ1) is 11.8. The number of halogens is 1. The summed E-state index contributed by atoms with van der Waals surface area (Å²) in [5, 5.41) is 0. The minimum atomic E-state index is -0.273. The largest absolute Gasteiger partial charge is 0.486 e. The lowest BCUT2D eigenvalue weighted by atomic mass is 10.1. The Bertz CT molecular complexity index is 331. The Morgan fingerprint density at radius 2 is 2.20 bits per heavy atom. The molecular weight excluding hydrogens is 191 g/mol. The molecule has 0 fully saturated rings. The average molecular weight is 208 g/mol. The molecule has 0 aliphatic heterocycles. The Morgan fingerprint density at radius 3 is 2.80 bits per heavy atom. The first-order chi connectivity index (χ1) is 7.27. The van der Waals surface area contributed by atoms with Crippen LogP contribution in [0.25, 0.3) is 0 Å². The van der Waals surface area contributed by atoms with E-state index in [0.717, 1.165) is 18.4 Å². The van der Waals surface area contributed by atoms with Crippen LogP contribution in [0.5, 0.6) is 5.75 Å². The first-order valence-corrected chi connectivity index (χ1v) is 5.30. The van der Waals surface area contributed by atoms with E-state index in [1.165, 1.54) is 0 Å². The summed E-state index contributed by atoms with van der Waals surface area (Å²) in [6.45, 7) is 4.40. The third-order valence-electron chi connectivity index (χ3n) is 2.11. The SMILES string of the molecule is C/C=C/COc1ccc(CCC)cc1F. The third-order valence-corrected chi connectivity index (χ3v) is 2.11. The van der Waals surface area contributed by atoms with Crippen molar-refractivity contribution in [1.82, 2.24) is 0 Å². The van der Waals surface area contributed by atoms with Gasteiger partial charge in [-0.1, -0.05) is 31.6 Å². The van der Waals surface area contributed by atoms with Gasteiger partial charge in [0.15, 0.2) is 11.6 Å². The molecule has 0 saturated carbocycles. The van der Waals surface area contributed by atoms with E-state index in [9.17, 15) is 4.39 Å². The molecular formula is C13H17FO. The molecule has 1 aromatic carbocycles. The molecule has 0 saturated heterocycles. The van der Waals surface area contributed by atoms with E-state index in [0.29, 0.717) is 12.4 Å². The van der Waals surface area contributed by atoms with Crippen molar-refractivity contribution in [2.45, 2.75) is 26.7 Å². The van der Waals surface area contributed by atoms with Crippen LogP contribution in [0.15, 0.2) is 30.4 Å². The van der Waals surface area contributed by atoms with Gasteiger partial charge in [0.05, 0.1) is 0 Å². The van der Waals surface area contributed by atoms with E-state index in [2.05, 4.69) is 6.92 Å². The monoisotopic (exact) mass is 208 g/mol. The molecule has 0 aliphatic rings. The summed E-state index contributed by atoms with van der Waals surface area (Å²) < 4.78 is 18.7. The van der Waals surface area contributed by atoms with Gasteiger partial charge in [0, 0.05) is 0 Å². The quantitative estimate of drug-likeness (QED) is 0.670. The second kappa shape index (κ2) is 6.23. The Kier molecular flexibility index (Phi) is 4.88. The van der Waals surface area contributed by atoms with Crippen molar-refractivity contribution in [3.63, 3.8) is 0 Å². The summed E-state index contributed by atoms with van der Waals surface area (Å²) in [6, 6.07) is 5.16. The van der Waals surface area contributed by atoms with Crippen molar-refractivity contribution in [2.24, 2.45) is 0 Å². The highest BCUT2D eigenvalue weighted by molar-refractivity contribution is 5.29. The number of aryl methyl sites for hydroxylation is 1. The molecule has 0 radical (unpaired) electrons. The molecule has 0 aliphatic carbocycles. The van der Waals surface area contributed by atoms with E-state index in [1.807, 2.05) is 25.1 Å². The number of hydrogen-bond acceptors (Lipinski definition) is 1. The van der Waals surface area contributed by atoms with E-state index in [1.54, 1.807) is 12.1 Å². The van der Waals surface area contributed by atoms with Crippen LogP contribution >= 0.6 is 0 Å². The minimum Gasteiger partial charge on any atom is -0.486 e. The topological polar surface area (TPSA) is 9.23 Å². The molecule has 0 N–H and O–H groups in total. The van der Waals surface area contributed by atoms with Gasteiger partial charge in [0.25, 0.3) is 0 Å². The molecule has 15 heavy (non-hydrogen) atoms. The highest BCUT2D eigenvalue weighted by Gasteiger charge is 2.03. The van der Waals surface area contributed by atoms with E-state index >= 15 is 0 Å². The molecule has 0 spiro atoms. The third kappa shape index (κ3) is 3.74. The van der Waals surface area contributed by atoms with Crippen molar-refractivity contribution in [1.29, 1.82) is 0 Å². The zero-order chi connectivity index (χ0) is 11.1. The predicted molar refractivity (Wildman–Crippen MR) is 60.7 cm³/mol. The average Bonchev–Trinajstić information content (AvgIpc) is 2.22. The molecule has 0 amide bonds. The molecule has 0 atom stereocenters. The van der Waals surface area contributed by atoms with Crippen LogP contribution < -0.4 is 4.74 Å². The number of hydrogen-bond donors (Lipinski definition) is 0. The summed E-state index contributed by atoms with van der Waals surface area (Å²) in [4.78, 5) is 0. The summed E-state index contributed by atoms with van der Waals surface area (Å²) in [6.07, 6.45) is 5.66. The van der Waals surface area contributed by atoms with Gasteiger partial charge in [0.1, 0.15) is 6.61 Å². The fourth-order valence-electron chi connectivity index (χ4n) is 1.34. The van der Waals surface area contributed by atoms with Crippen LogP contribution in [0.4, 0.5) is 4.39 Å². The summed E-state index contributed by atoms with van der Waals surface area (Å²) >= 11 is 0. The fraction of sp³-hybridized carbons (Fsp3) is 0.385. The lowest BCUT2D eigenvalue weighted by Crippen LogP contribution is -1.96. The highest BCUT2D eigenvalue weighted by atomic mass is 19.1. The Balaban J connectivity index is 2.65. The molecule has 0 aromatic heterocycles. The molecule has 0 unspecified atom stereocenters. The molecule has 1 nitrogen and oxygen atoms in total. The van der Waals surface area contributed by atoms with E-state index < -0.39 is 0 Å². The number of benzene rings is 1. The molecule has 1 aromatic rings. The highest BCUT2D eigenvalue weighted by Crippen LogP contribution is 2.19. The summed E-state index contributed by atoms with van der Waals surface area (Å²) in [5.41, 5.74) is 1.02. The number of rotatable bonds is 5. The summed E-state index contributed by atoms with van der Waals surface area (Å²) in [7, 11) is 0. The maximum Gasteiger partial charge on any atom is 0.165 e. The van der Waals surface area contributed by atoms with Crippen LogP contribution in [-0.2, 0) is 6.42 Å². The van der Waals surface area contributed by atoms with Gasteiger partial charge in [-0.2, -0.15) is 0 Å². The second-order valence-electron chi connectivity index (χ2n) is 3.39. The molecule has 0 bridgehead atoms. The Hall–Kier alpha value is -1.31. The first-order valence-electron chi connectivity index (χ1n) is 5.30. The maximum absolute atomic E-state index is 13.5. The summed E-state index contributed by atoms with van der Waals surface area (Å²) in [5.74, 6) is 0.0541. The van der Waals surface area contributed by atoms with Crippen molar-refractivity contribution >= 4 is 0 Å². The lowest BCUT2D eigenvalue weighted by molar-refractivity contribution is 0.341. The Morgan fingerprint density at radius 1 is 1.40 bits per heavy atom. The van der Waals surface area contributed by atoms with Crippen molar-refractivity contribution in [3.8, 4) is 5.75 Å². The van der Waals surface area contributed by atoms with Gasteiger partial charge in [0.2, 0.25) is 0 Å². The van der Waals surface area contributed by atoms with Crippen molar-refractivity contribution in [2.75, 3.05) is 6.61 Å². The lowest BCUT2D eigenvalue weighted by Gasteiger charge is -2.06. The van der Waals surface area contributed by atoms with E-state index in [-0.39, 0.29) is 5.82 Å². The van der Waals surface area contributed by atoms with Gasteiger partial charge in [-0.25, -0.2) is 4.39 Å². The molecule has 2 heteroatoms.